The number of nitrogens with zero attached hydrogens (tertiary/aromatic N) is 3. The Kier molecular flexibility index (Phi) is 6.47. The highest BCUT2D eigenvalue weighted by molar-refractivity contribution is 8.03. The van der Waals surface area contributed by atoms with Crippen LogP contribution in [0.5, 0.6) is 11.5 Å². The summed E-state index contributed by atoms with van der Waals surface area (Å²) in [6.45, 7) is 2.39. The van der Waals surface area contributed by atoms with Crippen molar-refractivity contribution in [3.63, 3.8) is 0 Å². The van der Waals surface area contributed by atoms with Gasteiger partial charge < -0.3 is 19.5 Å². The minimum absolute atomic E-state index is 0.00725. The molecule has 170 valence electrons. The molecule has 2 aliphatic rings. The molecule has 0 aromatic heterocycles. The summed E-state index contributed by atoms with van der Waals surface area (Å²) >= 11 is 1.43. The Balaban J connectivity index is 1.58. The van der Waals surface area contributed by atoms with E-state index in [9.17, 15) is 20.0 Å². The Morgan fingerprint density at radius 3 is 2.70 bits per heavy atom. The number of thioether (sulfide) groups is 1. The summed E-state index contributed by atoms with van der Waals surface area (Å²) in [6, 6.07) is 14.3. The number of phenolic OH excluding ortho intramolecular Hbond substituents is 1. The number of esters is 1. The van der Waals surface area contributed by atoms with E-state index in [-0.39, 0.29) is 24.0 Å². The van der Waals surface area contributed by atoms with Crippen molar-refractivity contribution < 1.29 is 24.2 Å². The number of hydrogen-bond acceptors (Lipinski definition) is 8. The molecular formula is C24H23N3O5S. The van der Waals surface area contributed by atoms with E-state index >= 15 is 0 Å². The second kappa shape index (κ2) is 9.46. The third-order valence-electron chi connectivity index (χ3n) is 5.64. The fourth-order valence-corrected chi connectivity index (χ4v) is 5.11. The van der Waals surface area contributed by atoms with Crippen molar-refractivity contribution in [2.45, 2.75) is 19.3 Å². The molecule has 0 aliphatic carbocycles. The molecule has 1 fully saturated rings. The lowest BCUT2D eigenvalue weighted by atomic mass is 9.86. The first-order valence-corrected chi connectivity index (χ1v) is 11.4. The average Bonchev–Trinajstić information content (AvgIpc) is 2.84. The van der Waals surface area contributed by atoms with Gasteiger partial charge in [-0.3, -0.25) is 9.69 Å². The van der Waals surface area contributed by atoms with Crippen LogP contribution in [0.4, 0.5) is 5.69 Å². The predicted molar refractivity (Wildman–Crippen MR) is 124 cm³/mol. The van der Waals surface area contributed by atoms with E-state index in [1.54, 1.807) is 36.1 Å². The fraction of sp³-hybridized carbons (Fsp3) is 0.292. The van der Waals surface area contributed by atoms with Gasteiger partial charge in [-0.05, 0) is 48.9 Å². The standard InChI is InChI=1S/C24H23N3O5S/c1-3-32-24(30)15-4-7-17(8-5-15)26-13-27-22(29)11-18(19(12-25)23(27)33-14-26)16-6-9-20(28)21(10-16)31-2/h4-10,18,28H,3,11,13-14H2,1-2H3. The number of nitriles is 1. The van der Waals surface area contributed by atoms with Crippen molar-refractivity contribution in [1.82, 2.24) is 4.90 Å². The van der Waals surface area contributed by atoms with Crippen molar-refractivity contribution >= 4 is 29.3 Å². The fourth-order valence-electron chi connectivity index (χ4n) is 3.94. The lowest BCUT2D eigenvalue weighted by molar-refractivity contribution is -0.129. The first kappa shape index (κ1) is 22.6. The third kappa shape index (κ3) is 4.34. The highest BCUT2D eigenvalue weighted by atomic mass is 32.2. The summed E-state index contributed by atoms with van der Waals surface area (Å²) in [6.07, 6.45) is 0.149. The van der Waals surface area contributed by atoms with Crippen LogP contribution in [0.3, 0.4) is 0 Å². The van der Waals surface area contributed by atoms with Crippen LogP contribution in [0.1, 0.15) is 35.2 Å². The van der Waals surface area contributed by atoms with Crippen molar-refractivity contribution in [3.8, 4) is 17.6 Å². The molecule has 2 aromatic carbocycles. The van der Waals surface area contributed by atoms with Gasteiger partial charge in [0.25, 0.3) is 0 Å². The molecule has 0 radical (unpaired) electrons. The number of carbonyl (C=O) groups excluding carboxylic acids is 2. The minimum Gasteiger partial charge on any atom is -0.504 e. The van der Waals surface area contributed by atoms with Gasteiger partial charge in [-0.25, -0.2) is 4.79 Å². The number of phenols is 1. The van der Waals surface area contributed by atoms with Crippen LogP contribution in [0.2, 0.25) is 0 Å². The van der Waals surface area contributed by atoms with Crippen LogP contribution in [-0.2, 0) is 9.53 Å². The highest BCUT2D eigenvalue weighted by Crippen LogP contribution is 2.44. The quantitative estimate of drug-likeness (QED) is 0.665. The monoisotopic (exact) mass is 465 g/mol. The highest BCUT2D eigenvalue weighted by Gasteiger charge is 2.38. The molecule has 9 heteroatoms. The molecule has 0 bridgehead atoms. The zero-order chi connectivity index (χ0) is 23.5. The predicted octanol–water partition coefficient (Wildman–Crippen LogP) is 3.80. The van der Waals surface area contributed by atoms with Gasteiger partial charge in [0.1, 0.15) is 0 Å². The number of benzene rings is 2. The molecule has 2 aliphatic heterocycles. The number of aromatic hydroxyl groups is 1. The van der Waals surface area contributed by atoms with E-state index in [0.29, 0.717) is 41.1 Å². The number of rotatable bonds is 5. The lowest BCUT2D eigenvalue weighted by Gasteiger charge is -2.42. The van der Waals surface area contributed by atoms with Gasteiger partial charge >= 0.3 is 5.97 Å². The Morgan fingerprint density at radius 1 is 1.27 bits per heavy atom. The van der Waals surface area contributed by atoms with E-state index in [1.165, 1.54) is 24.9 Å². The SMILES string of the molecule is CCOC(=O)c1ccc(N2CSC3=C(C#N)C(c4ccc(O)c(OC)c4)CC(=O)N3C2)cc1. The van der Waals surface area contributed by atoms with Gasteiger partial charge in [-0.15, -0.1) is 0 Å². The lowest BCUT2D eigenvalue weighted by Crippen LogP contribution is -2.47. The molecule has 1 N–H and O–H groups in total. The topological polar surface area (TPSA) is 103 Å². The van der Waals surface area contributed by atoms with Crippen molar-refractivity contribution in [2.24, 2.45) is 0 Å². The third-order valence-corrected chi connectivity index (χ3v) is 6.80. The molecule has 1 amide bonds. The number of allylic oxidation sites excluding steroid dienone is 1. The molecule has 4 rings (SSSR count). The summed E-state index contributed by atoms with van der Waals surface area (Å²) in [5.74, 6) is 0.0112. The van der Waals surface area contributed by atoms with Crippen LogP contribution in [-0.4, -0.2) is 48.1 Å². The van der Waals surface area contributed by atoms with Gasteiger partial charge in [-0.2, -0.15) is 5.26 Å². The van der Waals surface area contributed by atoms with Crippen LogP contribution < -0.4 is 9.64 Å². The molecule has 8 nitrogen and oxygen atoms in total. The molecule has 1 saturated heterocycles. The first-order chi connectivity index (χ1) is 16.0. The first-order valence-electron chi connectivity index (χ1n) is 10.4. The number of carbonyl (C=O) groups is 2. The Hall–Kier alpha value is -3.64. The van der Waals surface area contributed by atoms with Gasteiger partial charge in [0.2, 0.25) is 5.91 Å². The molecule has 1 unspecified atom stereocenters. The van der Waals surface area contributed by atoms with E-state index in [1.807, 2.05) is 17.0 Å². The van der Waals surface area contributed by atoms with E-state index < -0.39 is 5.92 Å². The zero-order valence-corrected chi connectivity index (χ0v) is 19.1. The Morgan fingerprint density at radius 2 is 2.03 bits per heavy atom. The zero-order valence-electron chi connectivity index (χ0n) is 18.3. The van der Waals surface area contributed by atoms with Gasteiger partial charge in [0.05, 0.1) is 48.5 Å². The minimum atomic E-state index is -0.397. The van der Waals surface area contributed by atoms with E-state index in [2.05, 4.69) is 6.07 Å². The summed E-state index contributed by atoms with van der Waals surface area (Å²) in [5, 5.41) is 20.5. The van der Waals surface area contributed by atoms with E-state index in [0.717, 1.165) is 11.3 Å². The van der Waals surface area contributed by atoms with Crippen molar-refractivity contribution in [3.05, 3.63) is 64.2 Å². The maximum atomic E-state index is 13.1. The second-order valence-electron chi connectivity index (χ2n) is 7.56. The number of anilines is 1. The summed E-state index contributed by atoms with van der Waals surface area (Å²) in [5.41, 5.74) is 2.62. The molecule has 2 heterocycles. The van der Waals surface area contributed by atoms with Crippen molar-refractivity contribution in [2.75, 3.05) is 31.2 Å². The average molecular weight is 466 g/mol. The number of ether oxygens (including phenoxy) is 2. The number of fused-ring (bicyclic) bond motifs is 1. The molecular weight excluding hydrogens is 442 g/mol. The maximum Gasteiger partial charge on any atom is 0.338 e. The van der Waals surface area contributed by atoms with Gasteiger partial charge in [0, 0.05) is 18.0 Å². The van der Waals surface area contributed by atoms with Crippen LogP contribution in [0.25, 0.3) is 0 Å². The molecule has 33 heavy (non-hydrogen) atoms. The Bertz CT molecular complexity index is 1160. The molecule has 2 aromatic rings. The van der Waals surface area contributed by atoms with E-state index in [4.69, 9.17) is 9.47 Å². The maximum absolute atomic E-state index is 13.1. The largest absolute Gasteiger partial charge is 0.504 e. The number of methoxy groups -OCH3 is 1. The van der Waals surface area contributed by atoms with Crippen molar-refractivity contribution in [1.29, 1.82) is 5.26 Å². The van der Waals surface area contributed by atoms with Crippen LogP contribution in [0, 0.1) is 11.3 Å². The molecule has 1 atom stereocenters. The van der Waals surface area contributed by atoms with Crippen LogP contribution in [0.15, 0.2) is 53.1 Å². The van der Waals surface area contributed by atoms with Crippen LogP contribution >= 0.6 is 11.8 Å². The summed E-state index contributed by atoms with van der Waals surface area (Å²) in [7, 11) is 1.46. The molecule has 0 saturated carbocycles. The normalized spacial score (nSPS) is 18.0. The summed E-state index contributed by atoms with van der Waals surface area (Å²) < 4.78 is 10.2. The van der Waals surface area contributed by atoms with Gasteiger partial charge in [-0.1, -0.05) is 17.8 Å². The summed E-state index contributed by atoms with van der Waals surface area (Å²) in [4.78, 5) is 28.6. The molecule has 0 spiro atoms. The number of hydrogen-bond donors (Lipinski definition) is 1. The van der Waals surface area contributed by atoms with Gasteiger partial charge in [0.15, 0.2) is 11.5 Å². The number of amides is 1. The second-order valence-corrected chi connectivity index (χ2v) is 8.50. The smallest absolute Gasteiger partial charge is 0.338 e. The Labute approximate surface area is 196 Å².